The second-order valence-corrected chi connectivity index (χ2v) is 5.31. The molecule has 0 saturated carbocycles. The van der Waals surface area contributed by atoms with Crippen LogP contribution >= 0.6 is 0 Å². The summed E-state index contributed by atoms with van der Waals surface area (Å²) in [5, 5.41) is 0. The molecular weight excluding hydrogens is 272 g/mol. The minimum absolute atomic E-state index is 0.268. The summed E-state index contributed by atoms with van der Waals surface area (Å²) in [6, 6.07) is 17.3. The van der Waals surface area contributed by atoms with Crippen molar-refractivity contribution in [3.63, 3.8) is 0 Å². The first-order valence-electron chi connectivity index (χ1n) is 8.21. The third-order valence-corrected chi connectivity index (χ3v) is 3.64. The highest BCUT2D eigenvalue weighted by atomic mass is 16.7. The largest absolute Gasteiger partial charge is 0.349 e. The van der Waals surface area contributed by atoms with Crippen molar-refractivity contribution in [1.82, 2.24) is 0 Å². The second kappa shape index (κ2) is 8.72. The molecule has 0 N–H and O–H groups in total. The fraction of sp³-hybridized carbons (Fsp3) is 0.400. The van der Waals surface area contributed by atoms with Crippen LogP contribution in [-0.4, -0.2) is 13.2 Å². The highest BCUT2D eigenvalue weighted by Crippen LogP contribution is 2.25. The summed E-state index contributed by atoms with van der Waals surface area (Å²) in [6.07, 6.45) is 2.06. The molecule has 118 valence electrons. The van der Waals surface area contributed by atoms with Gasteiger partial charge in [-0.2, -0.15) is 0 Å². The molecule has 0 aliphatic heterocycles. The molecule has 0 aromatic heterocycles. The highest BCUT2D eigenvalue weighted by Gasteiger charge is 2.11. The summed E-state index contributed by atoms with van der Waals surface area (Å²) >= 11 is 0. The molecule has 2 aromatic carbocycles. The molecule has 0 spiro atoms. The highest BCUT2D eigenvalue weighted by molar-refractivity contribution is 5.64. The molecule has 0 heterocycles. The maximum Gasteiger partial charge on any atom is 0.183 e. The van der Waals surface area contributed by atoms with Gasteiger partial charge in [-0.3, -0.25) is 0 Å². The van der Waals surface area contributed by atoms with Gasteiger partial charge in [0, 0.05) is 18.8 Å². The lowest BCUT2D eigenvalue weighted by molar-refractivity contribution is -0.140. The molecule has 2 rings (SSSR count). The summed E-state index contributed by atoms with van der Waals surface area (Å²) < 4.78 is 11.3. The predicted molar refractivity (Wildman–Crippen MR) is 91.9 cm³/mol. The van der Waals surface area contributed by atoms with E-state index in [1.807, 2.05) is 13.8 Å². The first kappa shape index (κ1) is 16.7. The van der Waals surface area contributed by atoms with Crippen molar-refractivity contribution < 1.29 is 9.47 Å². The van der Waals surface area contributed by atoms with Crippen LogP contribution in [0.5, 0.6) is 0 Å². The van der Waals surface area contributed by atoms with E-state index in [1.54, 1.807) is 0 Å². The summed E-state index contributed by atoms with van der Waals surface area (Å²) in [5.74, 6) is 0. The zero-order valence-electron chi connectivity index (χ0n) is 13.8. The summed E-state index contributed by atoms with van der Waals surface area (Å²) in [6.45, 7) is 7.47. The van der Waals surface area contributed by atoms with Crippen molar-refractivity contribution in [2.45, 2.75) is 39.9 Å². The Kier molecular flexibility index (Phi) is 6.63. The van der Waals surface area contributed by atoms with Crippen LogP contribution in [0.2, 0.25) is 0 Å². The standard InChI is InChI=1S/C20H26O2/c1-4-7-16-8-10-17(11-9-16)18-12-14-19(15-13-18)20(21-5-2)22-6-3/h8-15,20H,4-7H2,1-3H3. The summed E-state index contributed by atoms with van der Waals surface area (Å²) in [4.78, 5) is 0. The van der Waals surface area contributed by atoms with Crippen LogP contribution in [0.25, 0.3) is 11.1 Å². The van der Waals surface area contributed by atoms with Crippen molar-refractivity contribution in [3.8, 4) is 11.1 Å². The molecule has 0 amide bonds. The maximum absolute atomic E-state index is 5.63. The van der Waals surface area contributed by atoms with Crippen LogP contribution in [0.4, 0.5) is 0 Å². The second-order valence-electron chi connectivity index (χ2n) is 5.31. The zero-order valence-corrected chi connectivity index (χ0v) is 13.8. The third-order valence-electron chi connectivity index (χ3n) is 3.64. The fourth-order valence-electron chi connectivity index (χ4n) is 2.53. The van der Waals surface area contributed by atoms with Crippen LogP contribution in [-0.2, 0) is 15.9 Å². The molecule has 22 heavy (non-hydrogen) atoms. The number of hydrogen-bond donors (Lipinski definition) is 0. The number of ether oxygens (including phenoxy) is 2. The lowest BCUT2D eigenvalue weighted by Crippen LogP contribution is -2.08. The quantitative estimate of drug-likeness (QED) is 0.609. The number of rotatable bonds is 8. The zero-order chi connectivity index (χ0) is 15.8. The SMILES string of the molecule is CCCc1ccc(-c2ccc(C(OCC)OCC)cc2)cc1. The van der Waals surface area contributed by atoms with Gasteiger partial charge < -0.3 is 9.47 Å². The minimum atomic E-state index is -0.268. The van der Waals surface area contributed by atoms with Crippen LogP contribution in [0.1, 0.15) is 44.6 Å². The summed E-state index contributed by atoms with van der Waals surface area (Å²) in [7, 11) is 0. The molecule has 2 heteroatoms. The van der Waals surface area contributed by atoms with Crippen LogP contribution in [0.15, 0.2) is 48.5 Å². The molecule has 0 fully saturated rings. The fourth-order valence-corrected chi connectivity index (χ4v) is 2.53. The van der Waals surface area contributed by atoms with Gasteiger partial charge in [0.15, 0.2) is 6.29 Å². The molecule has 0 atom stereocenters. The van der Waals surface area contributed by atoms with E-state index in [4.69, 9.17) is 9.47 Å². The molecule has 0 aliphatic rings. The van der Waals surface area contributed by atoms with Crippen molar-refractivity contribution in [1.29, 1.82) is 0 Å². The van der Waals surface area contributed by atoms with E-state index in [0.717, 1.165) is 12.0 Å². The van der Waals surface area contributed by atoms with Crippen molar-refractivity contribution in [3.05, 3.63) is 59.7 Å². The monoisotopic (exact) mass is 298 g/mol. The van der Waals surface area contributed by atoms with E-state index < -0.39 is 0 Å². The maximum atomic E-state index is 5.63. The van der Waals surface area contributed by atoms with Gasteiger partial charge in [-0.15, -0.1) is 0 Å². The number of benzene rings is 2. The van der Waals surface area contributed by atoms with Crippen molar-refractivity contribution in [2.75, 3.05) is 13.2 Å². The van der Waals surface area contributed by atoms with Gasteiger partial charge in [-0.05, 0) is 37.0 Å². The molecular formula is C20H26O2. The number of hydrogen-bond acceptors (Lipinski definition) is 2. The first-order valence-corrected chi connectivity index (χ1v) is 8.21. The predicted octanol–water partition coefficient (Wildman–Crippen LogP) is 5.38. The molecule has 0 unspecified atom stereocenters. The Balaban J connectivity index is 2.13. The molecule has 0 aliphatic carbocycles. The average Bonchev–Trinajstić information content (AvgIpc) is 2.56. The van der Waals surface area contributed by atoms with Gasteiger partial charge in [-0.25, -0.2) is 0 Å². The van der Waals surface area contributed by atoms with Crippen LogP contribution < -0.4 is 0 Å². The van der Waals surface area contributed by atoms with E-state index in [1.165, 1.54) is 23.1 Å². The Morgan fingerprint density at radius 1 is 0.727 bits per heavy atom. The molecule has 0 saturated heterocycles. The Morgan fingerprint density at radius 2 is 1.23 bits per heavy atom. The van der Waals surface area contributed by atoms with E-state index in [9.17, 15) is 0 Å². The Hall–Kier alpha value is -1.64. The van der Waals surface area contributed by atoms with Crippen LogP contribution in [0, 0.1) is 0 Å². The van der Waals surface area contributed by atoms with E-state index >= 15 is 0 Å². The third kappa shape index (κ3) is 4.43. The van der Waals surface area contributed by atoms with Crippen molar-refractivity contribution >= 4 is 0 Å². The normalized spacial score (nSPS) is 11.1. The van der Waals surface area contributed by atoms with Crippen LogP contribution in [0.3, 0.4) is 0 Å². The summed E-state index contributed by atoms with van der Waals surface area (Å²) in [5.41, 5.74) is 4.93. The van der Waals surface area contributed by atoms with E-state index in [0.29, 0.717) is 13.2 Å². The Labute approximate surface area is 134 Å². The minimum Gasteiger partial charge on any atom is -0.349 e. The molecule has 0 bridgehead atoms. The van der Waals surface area contributed by atoms with Crippen molar-refractivity contribution in [2.24, 2.45) is 0 Å². The van der Waals surface area contributed by atoms with E-state index in [2.05, 4.69) is 55.5 Å². The Morgan fingerprint density at radius 3 is 1.68 bits per heavy atom. The molecule has 2 aromatic rings. The van der Waals surface area contributed by atoms with Gasteiger partial charge in [-0.1, -0.05) is 61.9 Å². The lowest BCUT2D eigenvalue weighted by atomic mass is 10.0. The van der Waals surface area contributed by atoms with Gasteiger partial charge in [0.2, 0.25) is 0 Å². The Bertz CT molecular complexity index is 537. The van der Waals surface area contributed by atoms with Gasteiger partial charge >= 0.3 is 0 Å². The molecule has 2 nitrogen and oxygen atoms in total. The average molecular weight is 298 g/mol. The van der Waals surface area contributed by atoms with Gasteiger partial charge in [0.1, 0.15) is 0 Å². The number of aryl methyl sites for hydroxylation is 1. The molecule has 0 radical (unpaired) electrons. The first-order chi connectivity index (χ1) is 10.8. The van der Waals surface area contributed by atoms with E-state index in [-0.39, 0.29) is 6.29 Å². The van der Waals surface area contributed by atoms with Gasteiger partial charge in [0.25, 0.3) is 0 Å². The topological polar surface area (TPSA) is 18.5 Å². The van der Waals surface area contributed by atoms with Gasteiger partial charge in [0.05, 0.1) is 0 Å². The smallest absolute Gasteiger partial charge is 0.183 e. The lowest BCUT2D eigenvalue weighted by Gasteiger charge is -2.17.